The van der Waals surface area contributed by atoms with E-state index in [0.717, 1.165) is 6.42 Å². The number of imide groups is 1. The maximum atomic E-state index is 12.9. The van der Waals surface area contributed by atoms with E-state index in [1.165, 1.54) is 16.0 Å². The number of halogens is 1. The first-order chi connectivity index (χ1) is 11.0. The Kier molecular flexibility index (Phi) is 3.24. The second-order valence-electron chi connectivity index (χ2n) is 6.57. The zero-order valence-corrected chi connectivity index (χ0v) is 13.9. The zero-order chi connectivity index (χ0) is 16.3. The van der Waals surface area contributed by atoms with Crippen LogP contribution in [0.25, 0.3) is 0 Å². The first-order valence-corrected chi connectivity index (χ1v) is 8.43. The number of benzene rings is 1. The summed E-state index contributed by atoms with van der Waals surface area (Å²) < 4.78 is 0. The van der Waals surface area contributed by atoms with E-state index < -0.39 is 0 Å². The van der Waals surface area contributed by atoms with Crippen molar-refractivity contribution in [1.82, 2.24) is 0 Å². The highest BCUT2D eigenvalue weighted by molar-refractivity contribution is 6.31. The molecule has 2 aliphatic carbocycles. The molecule has 4 rings (SSSR count). The molecule has 1 aromatic carbocycles. The van der Waals surface area contributed by atoms with Crippen molar-refractivity contribution < 1.29 is 9.59 Å². The molecule has 4 atom stereocenters. The summed E-state index contributed by atoms with van der Waals surface area (Å²) in [5.74, 6) is -0.409. The van der Waals surface area contributed by atoms with Gasteiger partial charge in [-0.25, -0.2) is 4.90 Å². The Balaban J connectivity index is 1.74. The summed E-state index contributed by atoms with van der Waals surface area (Å²) >= 11 is 5.91. The molecule has 0 aromatic heterocycles. The number of amides is 2. The van der Waals surface area contributed by atoms with Crippen LogP contribution < -0.4 is 4.90 Å². The number of hydrogen-bond acceptors (Lipinski definition) is 2. The lowest BCUT2D eigenvalue weighted by Gasteiger charge is -2.19. The molecule has 4 heteroatoms. The number of nitrogens with zero attached hydrogens (tertiary/aromatic N) is 1. The molecular weight excluding hydrogens is 310 g/mol. The monoisotopic (exact) mass is 327 g/mol. The van der Waals surface area contributed by atoms with Crippen LogP contribution in [0.4, 0.5) is 5.69 Å². The van der Waals surface area contributed by atoms with E-state index in [1.807, 2.05) is 0 Å². The number of rotatable bonds is 2. The quantitative estimate of drug-likeness (QED) is 0.608. The van der Waals surface area contributed by atoms with Crippen molar-refractivity contribution in [2.24, 2.45) is 23.7 Å². The third-order valence-corrected chi connectivity index (χ3v) is 5.78. The highest BCUT2D eigenvalue weighted by Gasteiger charge is 2.61. The van der Waals surface area contributed by atoms with E-state index in [2.05, 4.69) is 26.0 Å². The molecule has 23 heavy (non-hydrogen) atoms. The van der Waals surface area contributed by atoms with Gasteiger partial charge in [0.1, 0.15) is 0 Å². The van der Waals surface area contributed by atoms with E-state index >= 15 is 0 Å². The predicted octanol–water partition coefficient (Wildman–Crippen LogP) is 3.99. The number of hydrogen-bond donors (Lipinski definition) is 0. The summed E-state index contributed by atoms with van der Waals surface area (Å²) in [6.07, 6.45) is 5.21. The predicted molar refractivity (Wildman–Crippen MR) is 90.0 cm³/mol. The smallest absolute Gasteiger partial charge is 0.238 e. The summed E-state index contributed by atoms with van der Waals surface area (Å²) in [6.45, 7) is 4.24. The van der Waals surface area contributed by atoms with Crippen LogP contribution in [0.3, 0.4) is 0 Å². The van der Waals surface area contributed by atoms with Crippen LogP contribution in [-0.2, 0) is 9.59 Å². The first kappa shape index (κ1) is 14.7. The lowest BCUT2D eigenvalue weighted by Crippen LogP contribution is -2.33. The molecule has 0 radical (unpaired) electrons. The standard InChI is InChI=1S/C19H18ClNO2/c1-3-10(2)15-13-8-9-14(15)17-16(13)18(22)21(19(17)23)12-6-4-11(20)5-7-12/h4-9,13-14,16-17H,3H2,1-2H3/t13-,14+,16+,17-. The van der Waals surface area contributed by atoms with Crippen molar-refractivity contribution in [1.29, 1.82) is 0 Å². The molecule has 1 aromatic rings. The van der Waals surface area contributed by atoms with Gasteiger partial charge in [0.05, 0.1) is 17.5 Å². The van der Waals surface area contributed by atoms with E-state index in [-0.39, 0.29) is 35.5 Å². The third kappa shape index (κ3) is 1.89. The van der Waals surface area contributed by atoms with E-state index in [4.69, 9.17) is 11.6 Å². The molecule has 1 saturated carbocycles. The average Bonchev–Trinajstić information content (AvgIpc) is 3.18. The second-order valence-corrected chi connectivity index (χ2v) is 7.00. The van der Waals surface area contributed by atoms with Crippen molar-refractivity contribution in [2.45, 2.75) is 20.3 Å². The van der Waals surface area contributed by atoms with Gasteiger partial charge in [-0.05, 0) is 37.6 Å². The van der Waals surface area contributed by atoms with Crippen molar-refractivity contribution in [3.63, 3.8) is 0 Å². The Hall–Kier alpha value is -1.87. The van der Waals surface area contributed by atoms with Crippen molar-refractivity contribution >= 4 is 29.1 Å². The van der Waals surface area contributed by atoms with Crippen LogP contribution in [0, 0.1) is 23.7 Å². The normalized spacial score (nSPS) is 33.6. The summed E-state index contributed by atoms with van der Waals surface area (Å²) in [6, 6.07) is 6.90. The van der Waals surface area contributed by atoms with Gasteiger partial charge in [0.25, 0.3) is 0 Å². The Morgan fingerprint density at radius 2 is 1.57 bits per heavy atom. The van der Waals surface area contributed by atoms with Crippen LogP contribution in [0.2, 0.25) is 5.02 Å². The van der Waals surface area contributed by atoms with Gasteiger partial charge in [-0.1, -0.05) is 41.8 Å². The van der Waals surface area contributed by atoms with Crippen molar-refractivity contribution in [3.8, 4) is 0 Å². The number of carbonyl (C=O) groups excluding carboxylic acids is 2. The van der Waals surface area contributed by atoms with Crippen LogP contribution in [0.5, 0.6) is 0 Å². The Bertz CT molecular complexity index is 728. The molecule has 3 aliphatic rings. The molecule has 2 bridgehead atoms. The molecule has 2 fully saturated rings. The fraction of sp³-hybridized carbons (Fsp3) is 0.368. The minimum absolute atomic E-state index is 0.0689. The van der Waals surface area contributed by atoms with Crippen LogP contribution in [0.1, 0.15) is 20.3 Å². The topological polar surface area (TPSA) is 37.4 Å². The SMILES string of the molecule is CCC(C)=C1[C@H]2C=C[C@@H]1[C@H]1C(=O)N(c3ccc(Cl)cc3)C(=O)[C@H]12. The van der Waals surface area contributed by atoms with Gasteiger partial charge < -0.3 is 0 Å². The number of carbonyl (C=O) groups is 2. The maximum absolute atomic E-state index is 12.9. The van der Waals surface area contributed by atoms with E-state index in [9.17, 15) is 9.59 Å². The van der Waals surface area contributed by atoms with E-state index in [0.29, 0.717) is 10.7 Å². The minimum Gasteiger partial charge on any atom is -0.274 e. The molecule has 1 aliphatic heterocycles. The molecule has 1 saturated heterocycles. The average molecular weight is 328 g/mol. The third-order valence-electron chi connectivity index (χ3n) is 5.52. The molecule has 118 valence electrons. The highest BCUT2D eigenvalue weighted by atomic mass is 35.5. The van der Waals surface area contributed by atoms with Gasteiger partial charge >= 0.3 is 0 Å². The number of fused-ring (bicyclic) bond motifs is 5. The fourth-order valence-electron chi connectivity index (χ4n) is 4.38. The van der Waals surface area contributed by atoms with Gasteiger partial charge in [-0.2, -0.15) is 0 Å². The zero-order valence-electron chi connectivity index (χ0n) is 13.1. The Labute approximate surface area is 140 Å². The van der Waals surface area contributed by atoms with Crippen LogP contribution >= 0.6 is 11.6 Å². The molecule has 3 nitrogen and oxygen atoms in total. The lowest BCUT2D eigenvalue weighted by atomic mass is 9.85. The lowest BCUT2D eigenvalue weighted by molar-refractivity contribution is -0.122. The summed E-state index contributed by atoms with van der Waals surface area (Å²) in [5.41, 5.74) is 3.24. The molecular formula is C19H18ClNO2. The fourth-order valence-corrected chi connectivity index (χ4v) is 4.51. The van der Waals surface area contributed by atoms with Crippen molar-refractivity contribution in [3.05, 3.63) is 52.6 Å². The van der Waals surface area contributed by atoms with Crippen molar-refractivity contribution in [2.75, 3.05) is 4.90 Å². The Morgan fingerprint density at radius 1 is 1.04 bits per heavy atom. The largest absolute Gasteiger partial charge is 0.274 e. The second kappa shape index (κ2) is 5.07. The summed E-state index contributed by atoms with van der Waals surface area (Å²) in [7, 11) is 0. The molecule has 2 amide bonds. The first-order valence-electron chi connectivity index (χ1n) is 8.05. The maximum Gasteiger partial charge on any atom is 0.238 e. The minimum atomic E-state index is -0.232. The molecule has 0 spiro atoms. The van der Waals surface area contributed by atoms with Gasteiger partial charge in [0.2, 0.25) is 11.8 Å². The molecule has 0 unspecified atom stereocenters. The number of allylic oxidation sites excluding steroid dienone is 4. The summed E-state index contributed by atoms with van der Waals surface area (Å²) in [4.78, 5) is 27.2. The highest BCUT2D eigenvalue weighted by Crippen LogP contribution is 2.57. The molecule has 1 heterocycles. The number of anilines is 1. The van der Waals surface area contributed by atoms with Gasteiger partial charge in [-0.15, -0.1) is 0 Å². The van der Waals surface area contributed by atoms with Gasteiger partial charge in [0.15, 0.2) is 0 Å². The van der Waals surface area contributed by atoms with E-state index in [1.54, 1.807) is 24.3 Å². The molecule has 0 N–H and O–H groups in total. The van der Waals surface area contributed by atoms with Crippen LogP contribution in [0.15, 0.2) is 47.6 Å². The van der Waals surface area contributed by atoms with Gasteiger partial charge in [-0.3, -0.25) is 9.59 Å². The Morgan fingerprint density at radius 3 is 2.04 bits per heavy atom. The van der Waals surface area contributed by atoms with Gasteiger partial charge in [0, 0.05) is 16.9 Å². The van der Waals surface area contributed by atoms with Crippen LogP contribution in [-0.4, -0.2) is 11.8 Å². The summed E-state index contributed by atoms with van der Waals surface area (Å²) in [5, 5.41) is 0.596.